The van der Waals surface area contributed by atoms with Crippen LogP contribution in [0.25, 0.3) is 0 Å². The topological polar surface area (TPSA) is 48.9 Å². The molecule has 1 unspecified atom stereocenters. The Hall–Kier alpha value is -1.16. The summed E-state index contributed by atoms with van der Waals surface area (Å²) in [7, 11) is 0. The molecule has 2 N–H and O–H groups in total. The van der Waals surface area contributed by atoms with Gasteiger partial charge >= 0.3 is 0 Å². The Kier molecular flexibility index (Phi) is 6.01. The first-order valence-electron chi connectivity index (χ1n) is 9.36. The van der Waals surface area contributed by atoms with Crippen LogP contribution in [0.5, 0.6) is 0 Å². The van der Waals surface area contributed by atoms with E-state index >= 15 is 0 Å². The molecule has 2 fully saturated rings. The Balaban J connectivity index is 0.00000180. The summed E-state index contributed by atoms with van der Waals surface area (Å²) >= 11 is 1.89. The van der Waals surface area contributed by atoms with Crippen molar-refractivity contribution >= 4 is 41.3 Å². The van der Waals surface area contributed by atoms with Gasteiger partial charge in [0.1, 0.15) is 0 Å². The van der Waals surface area contributed by atoms with Gasteiger partial charge in [0, 0.05) is 18.0 Å². The highest BCUT2D eigenvalue weighted by Crippen LogP contribution is 2.30. The smallest absolute Gasteiger partial charge is 0.192 e. The monoisotopic (exact) mass is 496 g/mol. The normalized spacial score (nSPS) is 26.6. The van der Waals surface area contributed by atoms with E-state index in [4.69, 9.17) is 9.73 Å². The highest BCUT2D eigenvalue weighted by Gasteiger charge is 2.35. The van der Waals surface area contributed by atoms with Gasteiger partial charge in [0.15, 0.2) is 5.96 Å². The van der Waals surface area contributed by atoms with E-state index in [-0.39, 0.29) is 24.0 Å². The maximum absolute atomic E-state index is 5.49. The van der Waals surface area contributed by atoms with Gasteiger partial charge in [-0.2, -0.15) is 0 Å². The SMILES string of the molecule is I.c1ccc(C(CN=C2N[C@H]3COC[C@H]3N2)N2CCc3sccc3C2)cc1. The number of rotatable bonds is 4. The number of fused-ring (bicyclic) bond motifs is 2. The molecule has 27 heavy (non-hydrogen) atoms. The van der Waals surface area contributed by atoms with Gasteiger partial charge in [0.2, 0.25) is 0 Å². The molecule has 0 radical (unpaired) electrons. The summed E-state index contributed by atoms with van der Waals surface area (Å²) in [6.45, 7) is 4.41. The second-order valence-corrected chi connectivity index (χ2v) is 8.25. The Morgan fingerprint density at radius 1 is 1.15 bits per heavy atom. The van der Waals surface area contributed by atoms with E-state index in [1.54, 1.807) is 4.88 Å². The van der Waals surface area contributed by atoms with Crippen molar-refractivity contribution in [3.05, 3.63) is 57.8 Å². The highest BCUT2D eigenvalue weighted by molar-refractivity contribution is 14.0. The van der Waals surface area contributed by atoms with Crippen molar-refractivity contribution in [2.24, 2.45) is 4.99 Å². The molecule has 0 aliphatic carbocycles. The second kappa shape index (κ2) is 8.46. The summed E-state index contributed by atoms with van der Waals surface area (Å²) in [5.74, 6) is 0.928. The van der Waals surface area contributed by atoms with Crippen LogP contribution in [-0.4, -0.2) is 49.2 Å². The number of benzene rings is 1. The van der Waals surface area contributed by atoms with Gasteiger partial charge in [-0.1, -0.05) is 30.3 Å². The fourth-order valence-corrected chi connectivity index (χ4v) is 5.03. The third-order valence-electron chi connectivity index (χ3n) is 5.61. The van der Waals surface area contributed by atoms with Crippen LogP contribution in [0.3, 0.4) is 0 Å². The maximum atomic E-state index is 5.49. The fourth-order valence-electron chi connectivity index (χ4n) is 4.14. The third kappa shape index (κ3) is 4.01. The number of aliphatic imine (C=N–C) groups is 1. The van der Waals surface area contributed by atoms with E-state index in [1.165, 1.54) is 11.1 Å². The molecular weight excluding hydrogens is 471 g/mol. The standard InChI is InChI=1S/C20H24N4OS.HI/c1-2-4-14(5-3-1)18(24-8-6-19-15(11-24)7-9-26-19)10-21-20-22-16-12-25-13-17(16)23-20;/h1-5,7,9,16-18H,6,8,10-13H2,(H2,21,22,23);1H/t16-,17+,18?;. The van der Waals surface area contributed by atoms with Crippen LogP contribution in [0, 0.1) is 0 Å². The van der Waals surface area contributed by atoms with E-state index in [0.29, 0.717) is 18.1 Å². The van der Waals surface area contributed by atoms with Gasteiger partial charge < -0.3 is 15.4 Å². The quantitative estimate of drug-likeness (QED) is 0.640. The number of hydrogen-bond acceptors (Lipinski definition) is 4. The Morgan fingerprint density at radius 2 is 1.93 bits per heavy atom. The predicted octanol–water partition coefficient (Wildman–Crippen LogP) is 2.78. The minimum absolute atomic E-state index is 0. The fraction of sp³-hybridized carbons (Fsp3) is 0.450. The van der Waals surface area contributed by atoms with Crippen molar-refractivity contribution in [3.8, 4) is 0 Å². The van der Waals surface area contributed by atoms with Crippen molar-refractivity contribution in [1.82, 2.24) is 15.5 Å². The maximum Gasteiger partial charge on any atom is 0.192 e. The van der Waals surface area contributed by atoms with Gasteiger partial charge in [-0.05, 0) is 29.0 Å². The van der Waals surface area contributed by atoms with Gasteiger partial charge in [-0.15, -0.1) is 35.3 Å². The lowest BCUT2D eigenvalue weighted by Crippen LogP contribution is -2.36. The molecule has 4 heterocycles. The molecular formula is C20H25IN4OS. The zero-order chi connectivity index (χ0) is 17.3. The van der Waals surface area contributed by atoms with Gasteiger partial charge in [0.05, 0.1) is 37.9 Å². The number of ether oxygens (including phenoxy) is 1. The van der Waals surface area contributed by atoms with Crippen LogP contribution < -0.4 is 10.6 Å². The number of halogens is 1. The molecule has 2 aromatic rings. The highest BCUT2D eigenvalue weighted by atomic mass is 127. The lowest BCUT2D eigenvalue weighted by molar-refractivity contribution is 0.183. The molecule has 7 heteroatoms. The molecule has 0 bridgehead atoms. The summed E-state index contributed by atoms with van der Waals surface area (Å²) in [4.78, 5) is 9.03. The summed E-state index contributed by atoms with van der Waals surface area (Å²) < 4.78 is 5.49. The molecule has 0 saturated carbocycles. The first-order chi connectivity index (χ1) is 12.9. The van der Waals surface area contributed by atoms with Crippen molar-refractivity contribution in [2.75, 3.05) is 26.3 Å². The minimum Gasteiger partial charge on any atom is -0.377 e. The largest absolute Gasteiger partial charge is 0.377 e. The average Bonchev–Trinajstić information content (AvgIpc) is 3.38. The number of hydrogen-bond donors (Lipinski definition) is 2. The lowest BCUT2D eigenvalue weighted by atomic mass is 10.0. The summed E-state index contributed by atoms with van der Waals surface area (Å²) in [5.41, 5.74) is 2.83. The van der Waals surface area contributed by atoms with Gasteiger partial charge in [0.25, 0.3) is 0 Å². The molecule has 2 saturated heterocycles. The zero-order valence-corrected chi connectivity index (χ0v) is 18.3. The van der Waals surface area contributed by atoms with Crippen LogP contribution in [-0.2, 0) is 17.7 Å². The number of nitrogens with zero attached hydrogens (tertiary/aromatic N) is 2. The third-order valence-corrected chi connectivity index (χ3v) is 6.63. The Morgan fingerprint density at radius 3 is 2.70 bits per heavy atom. The minimum atomic E-state index is 0. The van der Waals surface area contributed by atoms with E-state index < -0.39 is 0 Å². The molecule has 1 aromatic carbocycles. The molecule has 5 rings (SSSR count). The number of thiophene rings is 1. The van der Waals surface area contributed by atoms with Crippen LogP contribution in [0.1, 0.15) is 22.0 Å². The van der Waals surface area contributed by atoms with E-state index in [1.807, 2.05) is 11.3 Å². The van der Waals surface area contributed by atoms with Crippen LogP contribution in [0.2, 0.25) is 0 Å². The molecule has 0 spiro atoms. The molecule has 3 aliphatic rings. The number of nitrogens with one attached hydrogen (secondary N) is 2. The summed E-state index contributed by atoms with van der Waals surface area (Å²) in [6, 6.07) is 14.1. The van der Waals surface area contributed by atoms with Crippen molar-refractivity contribution < 1.29 is 4.74 Å². The van der Waals surface area contributed by atoms with Gasteiger partial charge in [-0.25, -0.2) is 0 Å². The Bertz CT molecular complexity index is 782. The molecule has 0 amide bonds. The Labute approximate surface area is 181 Å². The molecule has 144 valence electrons. The predicted molar refractivity (Wildman–Crippen MR) is 120 cm³/mol. The number of guanidine groups is 1. The second-order valence-electron chi connectivity index (χ2n) is 7.24. The van der Waals surface area contributed by atoms with Gasteiger partial charge in [-0.3, -0.25) is 9.89 Å². The summed E-state index contributed by atoms with van der Waals surface area (Å²) in [6.07, 6.45) is 1.14. The van der Waals surface area contributed by atoms with Crippen molar-refractivity contribution in [3.63, 3.8) is 0 Å². The molecule has 5 nitrogen and oxygen atoms in total. The average molecular weight is 496 g/mol. The van der Waals surface area contributed by atoms with Crippen molar-refractivity contribution in [2.45, 2.75) is 31.1 Å². The molecule has 3 aliphatic heterocycles. The van der Waals surface area contributed by atoms with E-state index in [2.05, 4.69) is 57.3 Å². The van der Waals surface area contributed by atoms with Crippen LogP contribution >= 0.6 is 35.3 Å². The zero-order valence-electron chi connectivity index (χ0n) is 15.1. The first-order valence-corrected chi connectivity index (χ1v) is 10.2. The molecule has 3 atom stereocenters. The lowest BCUT2D eigenvalue weighted by Gasteiger charge is -2.34. The van der Waals surface area contributed by atoms with Crippen molar-refractivity contribution in [1.29, 1.82) is 0 Å². The summed E-state index contributed by atoms with van der Waals surface area (Å²) in [5, 5.41) is 9.16. The first kappa shape index (κ1) is 19.2. The van der Waals surface area contributed by atoms with Crippen LogP contribution in [0.4, 0.5) is 0 Å². The molecule has 1 aromatic heterocycles. The van der Waals surface area contributed by atoms with Crippen LogP contribution in [0.15, 0.2) is 46.8 Å². The van der Waals surface area contributed by atoms with E-state index in [9.17, 15) is 0 Å². The van der Waals surface area contributed by atoms with E-state index in [0.717, 1.165) is 45.2 Å².